The third kappa shape index (κ3) is 2.38. The summed E-state index contributed by atoms with van der Waals surface area (Å²) in [6, 6.07) is 0. The summed E-state index contributed by atoms with van der Waals surface area (Å²) in [4.78, 5) is 26.3. The summed E-state index contributed by atoms with van der Waals surface area (Å²) in [7, 11) is 0. The summed E-state index contributed by atoms with van der Waals surface area (Å²) in [6.45, 7) is 8.55. The number of hydrogen-bond acceptors (Lipinski definition) is 3. The van der Waals surface area contributed by atoms with Crippen LogP contribution in [-0.4, -0.2) is 28.6 Å². The predicted octanol–water partition coefficient (Wildman–Crippen LogP) is 5.24. The normalized spacial score (nSPS) is 44.8. The first-order chi connectivity index (χ1) is 14.2. The number of aliphatic carboxylic acids is 1. The van der Waals surface area contributed by atoms with Gasteiger partial charge in [-0.25, -0.2) is 0 Å². The van der Waals surface area contributed by atoms with Crippen LogP contribution in [0.5, 0.6) is 0 Å². The van der Waals surface area contributed by atoms with Gasteiger partial charge in [0.2, 0.25) is 0 Å². The van der Waals surface area contributed by atoms with Crippen molar-refractivity contribution in [1.82, 2.24) is 0 Å². The second-order valence-electron chi connectivity index (χ2n) is 11.2. The number of allylic oxidation sites excluding steroid dienone is 1. The Kier molecular flexibility index (Phi) is 5.48. The van der Waals surface area contributed by atoms with E-state index in [-0.39, 0.29) is 17.8 Å². The number of carbonyl (C=O) groups is 2. The molecule has 0 aromatic rings. The molecule has 168 valence electrons. The molecule has 30 heavy (non-hydrogen) atoms. The molecule has 0 spiro atoms. The van der Waals surface area contributed by atoms with E-state index in [2.05, 4.69) is 33.8 Å². The Hall–Kier alpha value is -1.16. The van der Waals surface area contributed by atoms with Crippen molar-refractivity contribution in [3.63, 3.8) is 0 Å². The standard InChI is InChI=1S/C26H40O4/c1-5-6-7-8-9-22(28)25-14-19-17(4)10-11-20(19)24(15-27)13-18(25)12-21(16(2)3)26(24,25)23(29)30/h12,15-20,22,28H,5-11,13-14H2,1-4H3,(H,29,30)/t17-,18?,19-,20-,22?,24?,25?,26?/m1/s1. The van der Waals surface area contributed by atoms with Gasteiger partial charge in [0.05, 0.1) is 11.5 Å². The number of aldehydes is 1. The lowest BCUT2D eigenvalue weighted by atomic mass is 9.41. The van der Waals surface area contributed by atoms with Crippen molar-refractivity contribution in [2.75, 3.05) is 0 Å². The highest BCUT2D eigenvalue weighted by atomic mass is 16.4. The zero-order valence-corrected chi connectivity index (χ0v) is 19.2. The van der Waals surface area contributed by atoms with Crippen LogP contribution >= 0.6 is 0 Å². The molecule has 5 unspecified atom stereocenters. The third-order valence-corrected chi connectivity index (χ3v) is 9.92. The predicted molar refractivity (Wildman–Crippen MR) is 117 cm³/mol. The number of carbonyl (C=O) groups excluding carboxylic acids is 1. The second-order valence-corrected chi connectivity index (χ2v) is 11.2. The van der Waals surface area contributed by atoms with Crippen molar-refractivity contribution in [3.8, 4) is 0 Å². The number of rotatable bonds is 9. The van der Waals surface area contributed by atoms with Crippen molar-refractivity contribution in [3.05, 3.63) is 11.6 Å². The van der Waals surface area contributed by atoms with Crippen molar-refractivity contribution >= 4 is 12.3 Å². The molecule has 4 rings (SSSR count). The molecule has 0 aromatic heterocycles. The van der Waals surface area contributed by atoms with E-state index in [1.165, 1.54) is 0 Å². The number of hydrogen-bond donors (Lipinski definition) is 2. The zero-order chi connectivity index (χ0) is 21.9. The molecule has 0 aliphatic heterocycles. The summed E-state index contributed by atoms with van der Waals surface area (Å²) in [5.41, 5.74) is -1.92. The first-order valence-electron chi connectivity index (χ1n) is 12.3. The lowest BCUT2D eigenvalue weighted by molar-refractivity contribution is -0.194. The highest BCUT2D eigenvalue weighted by Gasteiger charge is 2.85. The first kappa shape index (κ1) is 22.0. The zero-order valence-electron chi connectivity index (χ0n) is 19.2. The van der Waals surface area contributed by atoms with Crippen LogP contribution in [0.4, 0.5) is 0 Å². The third-order valence-electron chi connectivity index (χ3n) is 9.92. The van der Waals surface area contributed by atoms with Gasteiger partial charge >= 0.3 is 5.97 Å². The number of aliphatic hydroxyl groups is 1. The monoisotopic (exact) mass is 416 g/mol. The fourth-order valence-electron chi connectivity index (χ4n) is 8.90. The van der Waals surface area contributed by atoms with E-state index in [4.69, 9.17) is 0 Å². The van der Waals surface area contributed by atoms with Gasteiger partial charge < -0.3 is 15.0 Å². The minimum absolute atomic E-state index is 0.00447. The summed E-state index contributed by atoms with van der Waals surface area (Å²) >= 11 is 0. The highest BCUT2D eigenvalue weighted by molar-refractivity contribution is 5.90. The molecular weight excluding hydrogens is 376 g/mol. The smallest absolute Gasteiger partial charge is 0.315 e. The van der Waals surface area contributed by atoms with Gasteiger partial charge in [-0.3, -0.25) is 4.79 Å². The van der Waals surface area contributed by atoms with E-state index in [0.717, 1.165) is 56.8 Å². The van der Waals surface area contributed by atoms with Crippen LogP contribution in [0.1, 0.15) is 85.5 Å². The van der Waals surface area contributed by atoms with Crippen LogP contribution in [0, 0.1) is 45.8 Å². The second kappa shape index (κ2) is 7.46. The van der Waals surface area contributed by atoms with Gasteiger partial charge in [0.1, 0.15) is 11.7 Å². The van der Waals surface area contributed by atoms with Crippen LogP contribution in [-0.2, 0) is 9.59 Å². The topological polar surface area (TPSA) is 74.6 Å². The van der Waals surface area contributed by atoms with Gasteiger partial charge in [0.25, 0.3) is 0 Å². The van der Waals surface area contributed by atoms with Gasteiger partial charge in [-0.2, -0.15) is 0 Å². The molecule has 2 N–H and O–H groups in total. The average molecular weight is 417 g/mol. The molecule has 3 fully saturated rings. The van der Waals surface area contributed by atoms with Crippen molar-refractivity contribution in [1.29, 1.82) is 0 Å². The Balaban J connectivity index is 1.87. The van der Waals surface area contributed by atoms with E-state index < -0.39 is 28.3 Å². The lowest BCUT2D eigenvalue weighted by Crippen LogP contribution is -2.65. The summed E-state index contributed by atoms with van der Waals surface area (Å²) in [5, 5.41) is 22.7. The lowest BCUT2D eigenvalue weighted by Gasteiger charge is -2.59. The molecular formula is C26H40O4. The molecule has 0 amide bonds. The number of fused-ring (bicyclic) bond motifs is 2. The van der Waals surface area contributed by atoms with Gasteiger partial charge in [-0.05, 0) is 55.3 Å². The Morgan fingerprint density at radius 1 is 1.23 bits per heavy atom. The minimum Gasteiger partial charge on any atom is -0.481 e. The quantitative estimate of drug-likeness (QED) is 0.306. The number of unbranched alkanes of at least 4 members (excludes halogenated alkanes) is 3. The SMILES string of the molecule is CCCCCCC(O)C12C[C@@H]3[C@H](C)CC[C@H]3C3(C=O)CC1C=C(C(C)C)C23C(=O)O. The van der Waals surface area contributed by atoms with Crippen LogP contribution in [0.2, 0.25) is 0 Å². The minimum atomic E-state index is -1.24. The molecule has 4 bridgehead atoms. The van der Waals surface area contributed by atoms with Crippen molar-refractivity contribution in [2.24, 2.45) is 45.8 Å². The fraction of sp³-hybridized carbons (Fsp3) is 0.846. The molecule has 3 saturated carbocycles. The molecule has 4 aliphatic carbocycles. The van der Waals surface area contributed by atoms with Gasteiger partial charge in [0, 0.05) is 5.41 Å². The molecule has 0 radical (unpaired) electrons. The maximum absolute atomic E-state index is 13.3. The number of carboxylic acids is 1. The Morgan fingerprint density at radius 2 is 1.97 bits per heavy atom. The molecule has 0 heterocycles. The van der Waals surface area contributed by atoms with E-state index in [9.17, 15) is 19.8 Å². The first-order valence-corrected chi connectivity index (χ1v) is 12.3. The fourth-order valence-corrected chi connectivity index (χ4v) is 8.90. The van der Waals surface area contributed by atoms with Crippen LogP contribution in [0.3, 0.4) is 0 Å². The van der Waals surface area contributed by atoms with Gasteiger partial charge in [-0.1, -0.05) is 71.4 Å². The number of aliphatic hydroxyl groups excluding tert-OH is 1. The summed E-state index contributed by atoms with van der Waals surface area (Å²) in [6.07, 6.45) is 10.9. The molecule has 0 saturated heterocycles. The van der Waals surface area contributed by atoms with E-state index in [1.807, 2.05) is 0 Å². The Labute approximate surface area is 181 Å². The Morgan fingerprint density at radius 3 is 2.57 bits per heavy atom. The maximum Gasteiger partial charge on any atom is 0.315 e. The molecule has 0 aromatic carbocycles. The van der Waals surface area contributed by atoms with E-state index in [0.29, 0.717) is 24.7 Å². The van der Waals surface area contributed by atoms with Crippen LogP contribution in [0.25, 0.3) is 0 Å². The van der Waals surface area contributed by atoms with Crippen LogP contribution in [0.15, 0.2) is 11.6 Å². The number of carboxylic acid groups (broad SMARTS) is 1. The van der Waals surface area contributed by atoms with Crippen molar-refractivity contribution < 1.29 is 19.8 Å². The average Bonchev–Trinajstić information content (AvgIpc) is 3.28. The van der Waals surface area contributed by atoms with E-state index in [1.54, 1.807) is 0 Å². The Bertz CT molecular complexity index is 741. The van der Waals surface area contributed by atoms with Crippen LogP contribution < -0.4 is 0 Å². The molecule has 4 nitrogen and oxygen atoms in total. The largest absolute Gasteiger partial charge is 0.481 e. The molecule has 4 heteroatoms. The van der Waals surface area contributed by atoms with Gasteiger partial charge in [0.15, 0.2) is 0 Å². The molecule has 4 aliphatic rings. The van der Waals surface area contributed by atoms with Crippen molar-refractivity contribution in [2.45, 2.75) is 91.6 Å². The van der Waals surface area contributed by atoms with Gasteiger partial charge in [-0.15, -0.1) is 0 Å². The maximum atomic E-state index is 13.3. The molecule has 8 atom stereocenters. The highest BCUT2D eigenvalue weighted by Crippen LogP contribution is 2.83. The summed E-state index contributed by atoms with van der Waals surface area (Å²) < 4.78 is 0. The van der Waals surface area contributed by atoms with E-state index >= 15 is 0 Å². The summed E-state index contributed by atoms with van der Waals surface area (Å²) in [5.74, 6) is 0.169.